The molecule has 0 amide bonds. The normalized spacial score (nSPS) is 17.8. The number of benzene rings is 1. The molecule has 1 aliphatic heterocycles. The van der Waals surface area contributed by atoms with Crippen LogP contribution in [0.2, 0.25) is 0 Å². The van der Waals surface area contributed by atoms with Crippen LogP contribution < -0.4 is 4.90 Å². The van der Waals surface area contributed by atoms with Crippen LogP contribution in [0.15, 0.2) is 24.3 Å². The van der Waals surface area contributed by atoms with Crippen LogP contribution >= 0.6 is 0 Å². The van der Waals surface area contributed by atoms with Gasteiger partial charge in [0.1, 0.15) is 0 Å². The van der Waals surface area contributed by atoms with Crippen LogP contribution in [0.25, 0.3) is 0 Å². The third-order valence-corrected chi connectivity index (χ3v) is 2.98. The Labute approximate surface area is 109 Å². The van der Waals surface area contributed by atoms with E-state index in [2.05, 4.69) is 0 Å². The van der Waals surface area contributed by atoms with Crippen LogP contribution in [0.5, 0.6) is 0 Å². The monoisotopic (exact) mass is 229 g/mol. The van der Waals surface area contributed by atoms with Crippen molar-refractivity contribution in [3.63, 3.8) is 0 Å². The van der Waals surface area contributed by atoms with Crippen molar-refractivity contribution in [2.24, 2.45) is 0 Å². The van der Waals surface area contributed by atoms with Gasteiger partial charge in [-0.3, -0.25) is 0 Å². The van der Waals surface area contributed by atoms with Crippen LogP contribution in [0, 0.1) is 0 Å². The molecule has 0 aliphatic carbocycles. The molecule has 1 saturated heterocycles. The van der Waals surface area contributed by atoms with E-state index in [1.54, 1.807) is 0 Å². The second-order valence-corrected chi connectivity index (χ2v) is 4.32. The minimum absolute atomic E-state index is 0.0309. The van der Waals surface area contributed by atoms with E-state index in [0.29, 0.717) is 13.1 Å². The standard InChI is InChI=1S/C12H13FNO2.Li/c1-16-12(8-15)9-3-2-4-11(5-9)14-6-10(13)7-14;/h2-5,10,12H,6-7H2,1H3;. The minimum atomic E-state index is -0.732. The summed E-state index contributed by atoms with van der Waals surface area (Å²) < 4.78 is 17.9. The molecule has 1 atom stereocenters. The zero-order valence-corrected chi connectivity index (χ0v) is 10.0. The Morgan fingerprint density at radius 3 is 2.82 bits per heavy atom. The summed E-state index contributed by atoms with van der Waals surface area (Å²) in [5.41, 5.74) is 1.76. The third kappa shape index (κ3) is 2.71. The topological polar surface area (TPSA) is 29.5 Å². The Morgan fingerprint density at radius 2 is 2.29 bits per heavy atom. The first kappa shape index (κ1) is 12.6. The number of anilines is 1. The number of carbonyl (C=O) groups excluding carboxylic acids is 1. The fourth-order valence-corrected chi connectivity index (χ4v) is 2.06. The first-order chi connectivity index (χ1) is 8.11. The molecule has 2 rings (SSSR count). The molecule has 0 bridgehead atoms. The molecule has 1 heterocycles. The van der Waals surface area contributed by atoms with Crippen LogP contribution in [0.3, 0.4) is 0 Å². The summed E-state index contributed by atoms with van der Waals surface area (Å²) in [4.78, 5) is 13.3. The summed E-state index contributed by atoms with van der Waals surface area (Å²) in [6.45, 7) is 0.863. The van der Waals surface area contributed by atoms with Crippen molar-refractivity contribution < 1.29 is 13.9 Å². The SMILES string of the molecule is [Li][C](=O)C(OC)c1cccc(N2CC(F)C2)c1. The Hall–Kier alpha value is -0.823. The number of ether oxygens (including phenoxy) is 1. The fraction of sp³-hybridized carbons (Fsp3) is 0.417. The molecule has 1 aromatic rings. The van der Waals surface area contributed by atoms with Crippen LogP contribution in [-0.4, -0.2) is 48.5 Å². The third-order valence-electron chi connectivity index (χ3n) is 2.98. The number of halogens is 1. The van der Waals surface area contributed by atoms with Gasteiger partial charge in [-0.1, -0.05) is 0 Å². The molecule has 0 radical (unpaired) electrons. The molecule has 1 unspecified atom stereocenters. The summed E-state index contributed by atoms with van der Waals surface area (Å²) in [6, 6.07) is 7.53. The molecule has 0 aromatic heterocycles. The molecule has 1 aliphatic rings. The van der Waals surface area contributed by atoms with E-state index in [-0.39, 0.29) is 4.46 Å². The van der Waals surface area contributed by atoms with Gasteiger partial charge in [0.2, 0.25) is 0 Å². The molecular weight excluding hydrogens is 216 g/mol. The molecule has 0 saturated carbocycles. The summed E-state index contributed by atoms with van der Waals surface area (Å²) >= 11 is 1.50. The Morgan fingerprint density at radius 1 is 1.59 bits per heavy atom. The van der Waals surface area contributed by atoms with Crippen molar-refractivity contribution in [3.8, 4) is 0 Å². The predicted molar refractivity (Wildman–Crippen MR) is 64.1 cm³/mol. The van der Waals surface area contributed by atoms with Crippen LogP contribution in [0.4, 0.5) is 10.1 Å². The van der Waals surface area contributed by atoms with Gasteiger partial charge in [0, 0.05) is 0 Å². The van der Waals surface area contributed by atoms with Gasteiger partial charge < -0.3 is 0 Å². The molecule has 0 N–H and O–H groups in total. The van der Waals surface area contributed by atoms with E-state index in [0.717, 1.165) is 11.3 Å². The first-order valence-electron chi connectivity index (χ1n) is 5.64. The molecule has 3 nitrogen and oxygen atoms in total. The van der Waals surface area contributed by atoms with E-state index >= 15 is 0 Å². The van der Waals surface area contributed by atoms with Crippen molar-refractivity contribution in [1.82, 2.24) is 0 Å². The molecule has 17 heavy (non-hydrogen) atoms. The first-order valence-corrected chi connectivity index (χ1v) is 5.64. The van der Waals surface area contributed by atoms with Gasteiger partial charge in [-0.25, -0.2) is 0 Å². The average molecular weight is 229 g/mol. The van der Waals surface area contributed by atoms with Crippen molar-refractivity contribution >= 4 is 27.9 Å². The summed E-state index contributed by atoms with van der Waals surface area (Å²) in [6.07, 6.45) is -1.26. The number of methoxy groups -OCH3 is 1. The fourth-order valence-electron chi connectivity index (χ4n) is 2.06. The summed E-state index contributed by atoms with van der Waals surface area (Å²) in [5, 5.41) is 0. The van der Waals surface area contributed by atoms with E-state index in [9.17, 15) is 9.18 Å². The number of nitrogens with zero attached hydrogens (tertiary/aromatic N) is 1. The molecule has 1 aromatic carbocycles. The van der Waals surface area contributed by atoms with E-state index in [1.165, 1.54) is 24.8 Å². The zero-order chi connectivity index (χ0) is 12.4. The summed E-state index contributed by atoms with van der Waals surface area (Å²) in [5.74, 6) is 0. The van der Waals surface area contributed by atoms with Crippen molar-refractivity contribution in [2.75, 3.05) is 25.1 Å². The maximum atomic E-state index is 12.8. The van der Waals surface area contributed by atoms with Crippen LogP contribution in [0.1, 0.15) is 11.7 Å². The van der Waals surface area contributed by atoms with Gasteiger partial charge in [-0.15, -0.1) is 0 Å². The summed E-state index contributed by atoms with van der Waals surface area (Å²) in [7, 11) is 1.51. The molecule has 5 heteroatoms. The average Bonchev–Trinajstić information content (AvgIpc) is 2.26. The van der Waals surface area contributed by atoms with Gasteiger partial charge in [-0.05, 0) is 0 Å². The number of hydrogen-bond donors (Lipinski definition) is 0. The Balaban J connectivity index is 2.19. The molecule has 0 spiro atoms. The van der Waals surface area contributed by atoms with E-state index in [4.69, 9.17) is 4.74 Å². The van der Waals surface area contributed by atoms with Gasteiger partial charge in [-0.2, -0.15) is 0 Å². The van der Waals surface area contributed by atoms with E-state index < -0.39 is 12.3 Å². The zero-order valence-electron chi connectivity index (χ0n) is 10.0. The second-order valence-electron chi connectivity index (χ2n) is 4.32. The van der Waals surface area contributed by atoms with Crippen LogP contribution in [-0.2, 0) is 9.53 Å². The second kappa shape index (κ2) is 5.22. The predicted octanol–water partition coefficient (Wildman–Crippen LogP) is 1.23. The quantitative estimate of drug-likeness (QED) is 0.727. The Kier molecular flexibility index (Phi) is 3.88. The van der Waals surface area contributed by atoms with Gasteiger partial charge in [0.25, 0.3) is 0 Å². The van der Waals surface area contributed by atoms with Crippen molar-refractivity contribution in [2.45, 2.75) is 12.3 Å². The molecule has 86 valence electrons. The van der Waals surface area contributed by atoms with Gasteiger partial charge in [0.05, 0.1) is 0 Å². The number of hydrogen-bond acceptors (Lipinski definition) is 3. The molecular formula is C12H13FLiNO2. The maximum absolute atomic E-state index is 12.8. The molecule has 1 fully saturated rings. The van der Waals surface area contributed by atoms with E-state index in [1.807, 2.05) is 29.2 Å². The number of alkyl halides is 1. The van der Waals surface area contributed by atoms with Gasteiger partial charge >= 0.3 is 109 Å². The number of rotatable bonds is 4. The van der Waals surface area contributed by atoms with Gasteiger partial charge in [0.15, 0.2) is 0 Å². The van der Waals surface area contributed by atoms with Crippen molar-refractivity contribution in [3.05, 3.63) is 29.8 Å². The van der Waals surface area contributed by atoms with Crippen molar-refractivity contribution in [1.29, 1.82) is 0 Å². The number of carbonyl (C=O) groups is 1. The Bertz CT molecular complexity index is 421.